The van der Waals surface area contributed by atoms with Crippen molar-refractivity contribution >= 4 is 34.8 Å². The molecule has 0 radical (unpaired) electrons. The molecular weight excluding hydrogens is 354 g/mol. The molecule has 1 aromatic heterocycles. The van der Waals surface area contributed by atoms with Gasteiger partial charge in [0.05, 0.1) is 22.8 Å². The number of para-hydroxylation sites is 2. The number of aryl methyl sites for hydroxylation is 2. The molecule has 4 N–H and O–H groups in total. The van der Waals surface area contributed by atoms with Crippen LogP contribution in [0.4, 0.5) is 32.3 Å². The van der Waals surface area contributed by atoms with Crippen LogP contribution in [0.2, 0.25) is 0 Å². The van der Waals surface area contributed by atoms with E-state index in [4.69, 9.17) is 0 Å². The zero-order valence-corrected chi connectivity index (χ0v) is 15.6. The number of rotatable bonds is 4. The maximum absolute atomic E-state index is 12.2. The second kappa shape index (κ2) is 8.68. The van der Waals surface area contributed by atoms with Gasteiger partial charge in [0.2, 0.25) is 0 Å². The van der Waals surface area contributed by atoms with Crippen LogP contribution in [0.1, 0.15) is 11.4 Å². The molecule has 7 nitrogen and oxygen atoms in total. The molecular formula is C21H21N5O2. The molecule has 0 saturated heterocycles. The standard InChI is InChI=1S/C21H21N5O2/c1-14-18(25-20(27)23-16-9-5-3-6-10-16)13-19(15(2)22-14)26-21(28)24-17-11-7-4-8-12-17/h3-13H,1-2H3,(H2,23,25,27)(H2,24,26,28). The third kappa shape index (κ3) is 5.07. The lowest BCUT2D eigenvalue weighted by molar-refractivity contribution is 0.261. The van der Waals surface area contributed by atoms with Gasteiger partial charge < -0.3 is 21.3 Å². The molecule has 1 heterocycles. The molecule has 2 aromatic carbocycles. The van der Waals surface area contributed by atoms with Gasteiger partial charge in [0.1, 0.15) is 0 Å². The summed E-state index contributed by atoms with van der Waals surface area (Å²) in [5.41, 5.74) is 3.67. The highest BCUT2D eigenvalue weighted by Crippen LogP contribution is 2.22. The van der Waals surface area contributed by atoms with E-state index in [9.17, 15) is 9.59 Å². The Balaban J connectivity index is 1.69. The van der Waals surface area contributed by atoms with Crippen molar-refractivity contribution in [1.82, 2.24) is 4.98 Å². The smallest absolute Gasteiger partial charge is 0.308 e. The zero-order valence-electron chi connectivity index (χ0n) is 15.6. The first-order valence-electron chi connectivity index (χ1n) is 8.75. The summed E-state index contributed by atoms with van der Waals surface area (Å²) in [6, 6.07) is 19.2. The van der Waals surface area contributed by atoms with E-state index in [-0.39, 0.29) is 12.1 Å². The van der Waals surface area contributed by atoms with Crippen molar-refractivity contribution in [3.63, 3.8) is 0 Å². The number of carbonyl (C=O) groups is 2. The van der Waals surface area contributed by atoms with Gasteiger partial charge >= 0.3 is 12.1 Å². The summed E-state index contributed by atoms with van der Waals surface area (Å²) < 4.78 is 0. The summed E-state index contributed by atoms with van der Waals surface area (Å²) in [7, 11) is 0. The number of aromatic nitrogens is 1. The van der Waals surface area contributed by atoms with Gasteiger partial charge in [-0.05, 0) is 44.2 Å². The fourth-order valence-electron chi connectivity index (χ4n) is 2.59. The van der Waals surface area contributed by atoms with Gasteiger partial charge in [0.15, 0.2) is 0 Å². The van der Waals surface area contributed by atoms with Crippen LogP contribution in [-0.2, 0) is 0 Å². The van der Waals surface area contributed by atoms with E-state index in [0.29, 0.717) is 34.1 Å². The molecule has 0 fully saturated rings. The summed E-state index contributed by atoms with van der Waals surface area (Å²) in [6.45, 7) is 3.58. The van der Waals surface area contributed by atoms with Gasteiger partial charge in [-0.1, -0.05) is 36.4 Å². The van der Waals surface area contributed by atoms with Crippen LogP contribution in [0.15, 0.2) is 66.7 Å². The SMILES string of the molecule is Cc1nc(C)c(NC(=O)Nc2ccccc2)cc1NC(=O)Nc1ccccc1. The molecule has 0 saturated carbocycles. The quantitative estimate of drug-likeness (QED) is 0.517. The van der Waals surface area contributed by atoms with Crippen molar-refractivity contribution in [2.75, 3.05) is 21.3 Å². The van der Waals surface area contributed by atoms with Crippen molar-refractivity contribution in [1.29, 1.82) is 0 Å². The number of hydrogen-bond acceptors (Lipinski definition) is 3. The molecule has 0 aliphatic heterocycles. The van der Waals surface area contributed by atoms with Crippen molar-refractivity contribution in [3.05, 3.63) is 78.1 Å². The summed E-state index contributed by atoms with van der Waals surface area (Å²) >= 11 is 0. The number of benzene rings is 2. The van der Waals surface area contributed by atoms with E-state index in [1.54, 1.807) is 44.2 Å². The number of urea groups is 2. The number of nitrogens with one attached hydrogen (secondary N) is 4. The third-order valence-electron chi connectivity index (χ3n) is 3.96. The predicted molar refractivity (Wildman–Crippen MR) is 112 cm³/mol. The van der Waals surface area contributed by atoms with Crippen molar-refractivity contribution in [2.45, 2.75) is 13.8 Å². The highest BCUT2D eigenvalue weighted by atomic mass is 16.2. The lowest BCUT2D eigenvalue weighted by atomic mass is 10.2. The Morgan fingerprint density at radius 1 is 0.643 bits per heavy atom. The van der Waals surface area contributed by atoms with Gasteiger partial charge in [-0.15, -0.1) is 0 Å². The molecule has 3 aromatic rings. The Morgan fingerprint density at radius 2 is 1.04 bits per heavy atom. The van der Waals surface area contributed by atoms with Gasteiger partial charge in [-0.25, -0.2) is 9.59 Å². The van der Waals surface area contributed by atoms with Gasteiger partial charge in [0, 0.05) is 11.4 Å². The molecule has 4 amide bonds. The van der Waals surface area contributed by atoms with Crippen LogP contribution in [0.5, 0.6) is 0 Å². The van der Waals surface area contributed by atoms with Crippen LogP contribution < -0.4 is 21.3 Å². The van der Waals surface area contributed by atoms with Crippen LogP contribution in [0.25, 0.3) is 0 Å². The van der Waals surface area contributed by atoms with E-state index < -0.39 is 0 Å². The molecule has 0 aliphatic rings. The number of amides is 4. The number of anilines is 4. The van der Waals surface area contributed by atoms with Gasteiger partial charge in [-0.3, -0.25) is 4.98 Å². The van der Waals surface area contributed by atoms with Crippen LogP contribution in [0.3, 0.4) is 0 Å². The molecule has 0 aliphatic carbocycles. The lowest BCUT2D eigenvalue weighted by Crippen LogP contribution is -2.22. The third-order valence-corrected chi connectivity index (χ3v) is 3.96. The number of carbonyl (C=O) groups excluding carboxylic acids is 2. The summed E-state index contributed by atoms with van der Waals surface area (Å²) in [5.74, 6) is 0. The molecule has 28 heavy (non-hydrogen) atoms. The Labute approximate surface area is 163 Å². The predicted octanol–water partition coefficient (Wildman–Crippen LogP) is 4.99. The Kier molecular flexibility index (Phi) is 5.86. The average molecular weight is 375 g/mol. The van der Waals surface area contributed by atoms with Crippen molar-refractivity contribution in [2.24, 2.45) is 0 Å². The summed E-state index contributed by atoms with van der Waals surface area (Å²) in [5, 5.41) is 11.0. The molecule has 3 rings (SSSR count). The van der Waals surface area contributed by atoms with Crippen molar-refractivity contribution in [3.8, 4) is 0 Å². The van der Waals surface area contributed by atoms with E-state index in [2.05, 4.69) is 26.3 Å². The van der Waals surface area contributed by atoms with Gasteiger partial charge in [-0.2, -0.15) is 0 Å². The van der Waals surface area contributed by atoms with Crippen LogP contribution in [0, 0.1) is 13.8 Å². The number of pyridine rings is 1. The first kappa shape index (κ1) is 18.9. The second-order valence-corrected chi connectivity index (χ2v) is 6.14. The molecule has 0 unspecified atom stereocenters. The van der Waals surface area contributed by atoms with Crippen LogP contribution >= 0.6 is 0 Å². The minimum absolute atomic E-state index is 0.389. The van der Waals surface area contributed by atoms with E-state index in [1.165, 1.54) is 0 Å². The molecule has 0 bridgehead atoms. The largest absolute Gasteiger partial charge is 0.323 e. The Morgan fingerprint density at radius 3 is 1.43 bits per heavy atom. The van der Waals surface area contributed by atoms with Crippen LogP contribution in [-0.4, -0.2) is 17.0 Å². The number of nitrogens with zero attached hydrogens (tertiary/aromatic N) is 1. The molecule has 0 atom stereocenters. The minimum Gasteiger partial charge on any atom is -0.308 e. The molecule has 7 heteroatoms. The highest BCUT2D eigenvalue weighted by molar-refractivity contribution is 6.02. The number of hydrogen-bond donors (Lipinski definition) is 4. The van der Waals surface area contributed by atoms with E-state index in [1.807, 2.05) is 36.4 Å². The molecule has 0 spiro atoms. The minimum atomic E-state index is -0.389. The Bertz CT molecular complexity index is 898. The zero-order chi connectivity index (χ0) is 19.9. The van der Waals surface area contributed by atoms with E-state index >= 15 is 0 Å². The van der Waals surface area contributed by atoms with Gasteiger partial charge in [0.25, 0.3) is 0 Å². The first-order chi connectivity index (χ1) is 13.5. The lowest BCUT2D eigenvalue weighted by Gasteiger charge is -2.14. The Hall–Kier alpha value is -3.87. The maximum Gasteiger partial charge on any atom is 0.323 e. The fraction of sp³-hybridized carbons (Fsp3) is 0.0952. The highest BCUT2D eigenvalue weighted by Gasteiger charge is 2.12. The normalized spacial score (nSPS) is 10.1. The van der Waals surface area contributed by atoms with Crippen molar-refractivity contribution < 1.29 is 9.59 Å². The fourth-order valence-corrected chi connectivity index (χ4v) is 2.59. The topological polar surface area (TPSA) is 95.2 Å². The average Bonchev–Trinajstić information content (AvgIpc) is 2.67. The second-order valence-electron chi connectivity index (χ2n) is 6.14. The maximum atomic E-state index is 12.2. The first-order valence-corrected chi connectivity index (χ1v) is 8.75. The van der Waals surface area contributed by atoms with E-state index in [0.717, 1.165) is 0 Å². The summed E-state index contributed by atoms with van der Waals surface area (Å²) in [4.78, 5) is 28.9. The monoisotopic (exact) mass is 375 g/mol. The molecule has 142 valence electrons. The summed E-state index contributed by atoms with van der Waals surface area (Å²) in [6.07, 6.45) is 0.